The van der Waals surface area contributed by atoms with Crippen LogP contribution in [0.3, 0.4) is 0 Å². The molecule has 1 nitrogen and oxygen atoms in total. The maximum atomic E-state index is 13.5. The van der Waals surface area contributed by atoms with Gasteiger partial charge in [-0.15, -0.1) is 0 Å². The van der Waals surface area contributed by atoms with E-state index in [1.807, 2.05) is 38.2 Å². The molecular weight excluding hydrogens is 165 g/mol. The van der Waals surface area contributed by atoms with Gasteiger partial charge < -0.3 is 5.32 Å². The standard InChI is InChI=1S/C11H16FN/c1-9-4-3-5-10(8-9)11(12)6-7-13-2/h3-5,8,11,13H,6-7H2,1-2H3. The maximum absolute atomic E-state index is 13.5. The van der Waals surface area contributed by atoms with Crippen molar-refractivity contribution in [2.24, 2.45) is 0 Å². The Labute approximate surface area is 79.0 Å². The third kappa shape index (κ3) is 3.15. The van der Waals surface area contributed by atoms with Crippen molar-refractivity contribution in [2.45, 2.75) is 19.5 Å². The quantitative estimate of drug-likeness (QED) is 0.753. The van der Waals surface area contributed by atoms with Gasteiger partial charge >= 0.3 is 0 Å². The molecule has 72 valence electrons. The monoisotopic (exact) mass is 181 g/mol. The van der Waals surface area contributed by atoms with E-state index in [0.29, 0.717) is 6.42 Å². The van der Waals surface area contributed by atoms with E-state index in [1.54, 1.807) is 0 Å². The van der Waals surface area contributed by atoms with Crippen molar-refractivity contribution in [3.8, 4) is 0 Å². The van der Waals surface area contributed by atoms with Crippen molar-refractivity contribution in [3.63, 3.8) is 0 Å². The largest absolute Gasteiger partial charge is 0.320 e. The molecular formula is C11H16FN. The summed E-state index contributed by atoms with van der Waals surface area (Å²) in [5.41, 5.74) is 1.90. The number of halogens is 1. The Morgan fingerprint density at radius 2 is 2.23 bits per heavy atom. The Morgan fingerprint density at radius 3 is 2.85 bits per heavy atom. The van der Waals surface area contributed by atoms with Gasteiger partial charge in [0.1, 0.15) is 6.17 Å². The number of rotatable bonds is 4. The number of hydrogen-bond acceptors (Lipinski definition) is 1. The molecule has 1 atom stereocenters. The van der Waals surface area contributed by atoms with Gasteiger partial charge in [0.25, 0.3) is 0 Å². The van der Waals surface area contributed by atoms with E-state index in [9.17, 15) is 4.39 Å². The highest BCUT2D eigenvalue weighted by atomic mass is 19.1. The smallest absolute Gasteiger partial charge is 0.126 e. The molecule has 0 amide bonds. The second-order valence-electron chi connectivity index (χ2n) is 3.27. The average molecular weight is 181 g/mol. The maximum Gasteiger partial charge on any atom is 0.126 e. The van der Waals surface area contributed by atoms with Gasteiger partial charge in [0, 0.05) is 0 Å². The lowest BCUT2D eigenvalue weighted by molar-refractivity contribution is 0.321. The molecule has 0 saturated heterocycles. The summed E-state index contributed by atoms with van der Waals surface area (Å²) in [5, 5.41) is 2.94. The molecule has 1 rings (SSSR count). The van der Waals surface area contributed by atoms with Gasteiger partial charge in [-0.25, -0.2) is 4.39 Å². The first-order chi connectivity index (χ1) is 6.24. The number of hydrogen-bond donors (Lipinski definition) is 1. The van der Waals surface area contributed by atoms with Gasteiger partial charge in [0.2, 0.25) is 0 Å². The molecule has 0 aliphatic heterocycles. The van der Waals surface area contributed by atoms with Crippen molar-refractivity contribution >= 4 is 0 Å². The third-order valence-electron chi connectivity index (χ3n) is 2.05. The molecule has 0 radical (unpaired) electrons. The first-order valence-electron chi connectivity index (χ1n) is 4.59. The predicted molar refractivity (Wildman–Crippen MR) is 53.6 cm³/mol. The minimum absolute atomic E-state index is 0.542. The fourth-order valence-corrected chi connectivity index (χ4v) is 1.30. The lowest BCUT2D eigenvalue weighted by Gasteiger charge is -2.08. The molecule has 1 N–H and O–H groups in total. The first-order valence-corrected chi connectivity index (χ1v) is 4.59. The molecule has 1 unspecified atom stereocenters. The predicted octanol–water partition coefficient (Wildman–Crippen LogP) is 2.62. The minimum atomic E-state index is -0.840. The summed E-state index contributed by atoms with van der Waals surface area (Å²) < 4.78 is 13.5. The van der Waals surface area contributed by atoms with E-state index < -0.39 is 6.17 Å². The van der Waals surface area contributed by atoms with Crippen LogP contribution in [-0.2, 0) is 0 Å². The highest BCUT2D eigenvalue weighted by Gasteiger charge is 2.07. The Balaban J connectivity index is 2.60. The van der Waals surface area contributed by atoms with Gasteiger partial charge in [0.05, 0.1) is 0 Å². The van der Waals surface area contributed by atoms with E-state index in [2.05, 4.69) is 5.32 Å². The Bertz CT molecular complexity index is 260. The van der Waals surface area contributed by atoms with E-state index in [-0.39, 0.29) is 0 Å². The van der Waals surface area contributed by atoms with Gasteiger partial charge in [-0.3, -0.25) is 0 Å². The van der Waals surface area contributed by atoms with Crippen LogP contribution in [0.4, 0.5) is 4.39 Å². The molecule has 0 saturated carbocycles. The van der Waals surface area contributed by atoms with Crippen LogP contribution in [-0.4, -0.2) is 13.6 Å². The van der Waals surface area contributed by atoms with Gasteiger partial charge in [0.15, 0.2) is 0 Å². The number of alkyl halides is 1. The van der Waals surface area contributed by atoms with Crippen LogP contribution >= 0.6 is 0 Å². The van der Waals surface area contributed by atoms with Gasteiger partial charge in [-0.2, -0.15) is 0 Å². The van der Waals surface area contributed by atoms with Crippen molar-refractivity contribution in [1.29, 1.82) is 0 Å². The molecule has 0 fully saturated rings. The summed E-state index contributed by atoms with van der Waals surface area (Å²) in [5.74, 6) is 0. The molecule has 0 aliphatic carbocycles. The highest BCUT2D eigenvalue weighted by Crippen LogP contribution is 2.21. The zero-order valence-corrected chi connectivity index (χ0v) is 8.18. The summed E-state index contributed by atoms with van der Waals surface area (Å²) in [4.78, 5) is 0. The van der Waals surface area contributed by atoms with Crippen molar-refractivity contribution in [2.75, 3.05) is 13.6 Å². The molecule has 1 aromatic rings. The fraction of sp³-hybridized carbons (Fsp3) is 0.455. The SMILES string of the molecule is CNCCC(F)c1cccc(C)c1. The topological polar surface area (TPSA) is 12.0 Å². The summed E-state index contributed by atoms with van der Waals surface area (Å²) in [7, 11) is 1.84. The normalized spacial score (nSPS) is 12.8. The van der Waals surface area contributed by atoms with Crippen LogP contribution in [0.2, 0.25) is 0 Å². The molecule has 0 bridgehead atoms. The Hall–Kier alpha value is -0.890. The average Bonchev–Trinajstić information content (AvgIpc) is 2.14. The van der Waals surface area contributed by atoms with Crippen molar-refractivity contribution in [1.82, 2.24) is 5.32 Å². The molecule has 2 heteroatoms. The number of benzene rings is 1. The lowest BCUT2D eigenvalue weighted by atomic mass is 10.1. The summed E-state index contributed by atoms with van der Waals surface area (Å²) in [6, 6.07) is 7.62. The third-order valence-corrected chi connectivity index (χ3v) is 2.05. The summed E-state index contributed by atoms with van der Waals surface area (Å²) in [6.07, 6.45) is -0.299. The van der Waals surface area contributed by atoms with Crippen LogP contribution < -0.4 is 5.32 Å². The van der Waals surface area contributed by atoms with Crippen LogP contribution in [0.5, 0.6) is 0 Å². The van der Waals surface area contributed by atoms with Crippen LogP contribution in [0.1, 0.15) is 23.7 Å². The van der Waals surface area contributed by atoms with Crippen LogP contribution in [0.25, 0.3) is 0 Å². The number of aryl methyl sites for hydroxylation is 1. The second kappa shape index (κ2) is 4.97. The molecule has 0 aliphatic rings. The highest BCUT2D eigenvalue weighted by molar-refractivity contribution is 5.24. The second-order valence-corrected chi connectivity index (χ2v) is 3.27. The first kappa shape index (κ1) is 10.2. The van der Waals surface area contributed by atoms with E-state index in [0.717, 1.165) is 17.7 Å². The Kier molecular flexibility index (Phi) is 3.90. The zero-order valence-electron chi connectivity index (χ0n) is 8.18. The van der Waals surface area contributed by atoms with Gasteiger partial charge in [-0.05, 0) is 32.5 Å². The van der Waals surface area contributed by atoms with Crippen LogP contribution in [0.15, 0.2) is 24.3 Å². The Morgan fingerprint density at radius 1 is 1.46 bits per heavy atom. The van der Waals surface area contributed by atoms with Gasteiger partial charge in [-0.1, -0.05) is 29.8 Å². The molecule has 0 aromatic heterocycles. The van der Waals surface area contributed by atoms with E-state index in [1.165, 1.54) is 0 Å². The summed E-state index contributed by atoms with van der Waals surface area (Å²) in [6.45, 7) is 2.70. The van der Waals surface area contributed by atoms with Crippen molar-refractivity contribution in [3.05, 3.63) is 35.4 Å². The number of nitrogens with one attached hydrogen (secondary N) is 1. The molecule has 13 heavy (non-hydrogen) atoms. The molecule has 0 spiro atoms. The van der Waals surface area contributed by atoms with E-state index in [4.69, 9.17) is 0 Å². The zero-order chi connectivity index (χ0) is 9.68. The van der Waals surface area contributed by atoms with Crippen molar-refractivity contribution < 1.29 is 4.39 Å². The van der Waals surface area contributed by atoms with Crippen LogP contribution in [0, 0.1) is 6.92 Å². The minimum Gasteiger partial charge on any atom is -0.320 e. The fourth-order valence-electron chi connectivity index (χ4n) is 1.30. The molecule has 1 aromatic carbocycles. The molecule has 0 heterocycles. The summed E-state index contributed by atoms with van der Waals surface area (Å²) >= 11 is 0. The van der Waals surface area contributed by atoms with E-state index >= 15 is 0 Å². The lowest BCUT2D eigenvalue weighted by Crippen LogP contribution is -2.10.